The molecule has 3 rings (SSSR count). The highest BCUT2D eigenvalue weighted by molar-refractivity contribution is 7.89. The smallest absolute Gasteiger partial charge is 0.243 e. The maximum atomic E-state index is 13.0. The minimum Gasteiger partial charge on any atom is -0.337 e. The van der Waals surface area contributed by atoms with Crippen molar-refractivity contribution >= 4 is 15.9 Å². The van der Waals surface area contributed by atoms with Gasteiger partial charge in [-0.25, -0.2) is 12.8 Å². The molecule has 7 nitrogen and oxygen atoms in total. The number of nitrogens with one attached hydrogen (secondary N) is 1. The summed E-state index contributed by atoms with van der Waals surface area (Å²) < 4.78 is 39.6. The van der Waals surface area contributed by atoms with Gasteiger partial charge >= 0.3 is 0 Å². The Hall–Kier alpha value is -2.02. The number of halogens is 1. The van der Waals surface area contributed by atoms with Crippen LogP contribution in [0.2, 0.25) is 0 Å². The van der Waals surface area contributed by atoms with Gasteiger partial charge in [0.25, 0.3) is 0 Å². The summed E-state index contributed by atoms with van der Waals surface area (Å²) in [6.45, 7) is 3.22. The summed E-state index contributed by atoms with van der Waals surface area (Å²) in [6, 6.07) is 6.95. The first-order chi connectivity index (χ1) is 12.7. The van der Waals surface area contributed by atoms with Crippen molar-refractivity contribution in [1.29, 1.82) is 5.26 Å². The van der Waals surface area contributed by atoms with Crippen molar-refractivity contribution in [3.63, 3.8) is 0 Å². The topological polar surface area (TPSA) is 93.5 Å². The lowest BCUT2D eigenvalue weighted by Crippen LogP contribution is -2.54. The van der Waals surface area contributed by atoms with Gasteiger partial charge in [-0.2, -0.15) is 9.57 Å². The van der Waals surface area contributed by atoms with Gasteiger partial charge in [-0.3, -0.25) is 9.69 Å². The predicted molar refractivity (Wildman–Crippen MR) is 96.5 cm³/mol. The van der Waals surface area contributed by atoms with Crippen LogP contribution in [-0.4, -0.2) is 61.8 Å². The fourth-order valence-corrected chi connectivity index (χ4v) is 4.72. The van der Waals surface area contributed by atoms with E-state index < -0.39 is 21.4 Å². The van der Waals surface area contributed by atoms with E-state index in [2.05, 4.69) is 11.4 Å². The summed E-state index contributed by atoms with van der Waals surface area (Å²) in [5, 5.41) is 12.1. The lowest BCUT2D eigenvalue weighted by atomic mass is 9.98. The molecule has 1 aliphatic heterocycles. The third kappa shape index (κ3) is 4.46. The molecule has 0 spiro atoms. The van der Waals surface area contributed by atoms with E-state index in [-0.39, 0.29) is 36.4 Å². The Kier molecular flexibility index (Phi) is 5.51. The van der Waals surface area contributed by atoms with E-state index in [0.29, 0.717) is 13.1 Å². The number of nitrogens with zero attached hydrogens (tertiary/aromatic N) is 3. The van der Waals surface area contributed by atoms with Gasteiger partial charge in [-0.1, -0.05) is 0 Å². The molecule has 1 aromatic carbocycles. The molecule has 146 valence electrons. The number of carbonyl (C=O) groups is 1. The molecular formula is C18H23FN4O3S. The van der Waals surface area contributed by atoms with Crippen LogP contribution in [0, 0.1) is 23.1 Å². The standard InChI is InChI=1S/C18H23FN4O3S/c1-18(13-20,14-2-3-14)21-17(24)12-22-8-10-23(11-9-22)27(25,26)16-6-4-15(19)5-7-16/h4-7,14H,2-3,8-12H2,1H3,(H,21,24)/t18-/m1/s1. The van der Waals surface area contributed by atoms with Crippen LogP contribution < -0.4 is 5.32 Å². The lowest BCUT2D eigenvalue weighted by Gasteiger charge is -2.34. The molecular weight excluding hydrogens is 371 g/mol. The first-order valence-corrected chi connectivity index (χ1v) is 10.4. The minimum atomic E-state index is -3.67. The maximum absolute atomic E-state index is 13.0. The molecule has 1 saturated heterocycles. The van der Waals surface area contributed by atoms with Crippen LogP contribution in [0.25, 0.3) is 0 Å². The number of piperazine rings is 1. The summed E-state index contributed by atoms with van der Waals surface area (Å²) in [4.78, 5) is 14.2. The molecule has 0 unspecified atom stereocenters. The fraction of sp³-hybridized carbons (Fsp3) is 0.556. The normalized spacial score (nSPS) is 21.2. The average molecular weight is 394 g/mol. The van der Waals surface area contributed by atoms with Gasteiger partial charge in [0, 0.05) is 26.2 Å². The summed E-state index contributed by atoms with van der Waals surface area (Å²) in [6.07, 6.45) is 1.90. The van der Waals surface area contributed by atoms with Crippen LogP contribution in [0.4, 0.5) is 4.39 Å². The first kappa shape index (κ1) is 19.7. The van der Waals surface area contributed by atoms with Crippen molar-refractivity contribution < 1.29 is 17.6 Å². The Labute approximate surface area is 158 Å². The number of nitriles is 1. The summed E-state index contributed by atoms with van der Waals surface area (Å²) in [5.74, 6) is -0.495. The van der Waals surface area contributed by atoms with Crippen LogP contribution in [0.3, 0.4) is 0 Å². The van der Waals surface area contributed by atoms with Gasteiger partial charge in [-0.05, 0) is 49.9 Å². The summed E-state index contributed by atoms with van der Waals surface area (Å²) in [5.41, 5.74) is -0.829. The Balaban J connectivity index is 1.53. The Morgan fingerprint density at radius 2 is 1.85 bits per heavy atom. The fourth-order valence-electron chi connectivity index (χ4n) is 3.30. The van der Waals surface area contributed by atoms with Crippen LogP contribution >= 0.6 is 0 Å². The number of sulfonamides is 1. The molecule has 1 saturated carbocycles. The van der Waals surface area contributed by atoms with Gasteiger partial charge in [0.2, 0.25) is 15.9 Å². The predicted octanol–water partition coefficient (Wildman–Crippen LogP) is 0.940. The van der Waals surface area contributed by atoms with E-state index >= 15 is 0 Å². The molecule has 0 bridgehead atoms. The summed E-state index contributed by atoms with van der Waals surface area (Å²) in [7, 11) is -3.67. The van der Waals surface area contributed by atoms with Gasteiger partial charge < -0.3 is 5.32 Å². The average Bonchev–Trinajstić information content (AvgIpc) is 3.48. The maximum Gasteiger partial charge on any atom is 0.243 e. The van der Waals surface area contributed by atoms with Gasteiger partial charge in [0.15, 0.2) is 0 Å². The van der Waals surface area contributed by atoms with Crippen molar-refractivity contribution in [2.45, 2.75) is 30.2 Å². The molecule has 9 heteroatoms. The third-order valence-corrected chi connectivity index (χ3v) is 7.09. The number of amides is 1. The van der Waals surface area contributed by atoms with E-state index in [1.807, 2.05) is 4.90 Å². The molecule has 1 aromatic rings. The molecule has 0 aromatic heterocycles. The van der Waals surface area contributed by atoms with Gasteiger partial charge in [0.05, 0.1) is 17.5 Å². The van der Waals surface area contributed by atoms with Crippen LogP contribution in [0.15, 0.2) is 29.2 Å². The Bertz CT molecular complexity index is 840. The number of rotatable bonds is 6. The van der Waals surface area contributed by atoms with Crippen molar-refractivity contribution in [3.05, 3.63) is 30.1 Å². The molecule has 0 radical (unpaired) electrons. The molecule has 1 heterocycles. The largest absolute Gasteiger partial charge is 0.337 e. The third-order valence-electron chi connectivity index (χ3n) is 5.18. The first-order valence-electron chi connectivity index (χ1n) is 8.95. The highest BCUT2D eigenvalue weighted by Gasteiger charge is 2.43. The zero-order valence-corrected chi connectivity index (χ0v) is 16.0. The molecule has 1 aliphatic carbocycles. The van der Waals surface area contributed by atoms with Crippen LogP contribution in [-0.2, 0) is 14.8 Å². The van der Waals surface area contributed by atoms with Gasteiger partial charge in [0.1, 0.15) is 11.4 Å². The SMILES string of the molecule is C[C@](C#N)(NC(=O)CN1CCN(S(=O)(=O)c2ccc(F)cc2)CC1)C1CC1. The molecule has 2 fully saturated rings. The second-order valence-electron chi connectivity index (χ2n) is 7.27. The number of benzene rings is 1. The van der Waals surface area contributed by atoms with E-state index in [4.69, 9.17) is 0 Å². The van der Waals surface area contributed by atoms with Crippen molar-refractivity contribution in [3.8, 4) is 6.07 Å². The van der Waals surface area contributed by atoms with E-state index in [1.54, 1.807) is 6.92 Å². The van der Waals surface area contributed by atoms with E-state index in [0.717, 1.165) is 25.0 Å². The van der Waals surface area contributed by atoms with E-state index in [1.165, 1.54) is 16.4 Å². The Morgan fingerprint density at radius 3 is 2.37 bits per heavy atom. The quantitative estimate of drug-likeness (QED) is 0.775. The lowest BCUT2D eigenvalue weighted by molar-refractivity contribution is -0.123. The minimum absolute atomic E-state index is 0.0595. The zero-order chi connectivity index (χ0) is 19.7. The molecule has 27 heavy (non-hydrogen) atoms. The summed E-state index contributed by atoms with van der Waals surface area (Å²) >= 11 is 0. The van der Waals surface area contributed by atoms with Crippen molar-refractivity contribution in [1.82, 2.24) is 14.5 Å². The molecule has 1 N–H and O–H groups in total. The monoisotopic (exact) mass is 394 g/mol. The number of hydrogen-bond donors (Lipinski definition) is 1. The van der Waals surface area contributed by atoms with E-state index in [9.17, 15) is 22.9 Å². The Morgan fingerprint density at radius 1 is 1.26 bits per heavy atom. The molecule has 1 amide bonds. The highest BCUT2D eigenvalue weighted by Crippen LogP contribution is 2.39. The number of carbonyl (C=O) groups excluding carboxylic acids is 1. The van der Waals surface area contributed by atoms with Crippen LogP contribution in [0.5, 0.6) is 0 Å². The van der Waals surface area contributed by atoms with Crippen LogP contribution in [0.1, 0.15) is 19.8 Å². The van der Waals surface area contributed by atoms with Crippen molar-refractivity contribution in [2.75, 3.05) is 32.7 Å². The van der Waals surface area contributed by atoms with Gasteiger partial charge in [-0.15, -0.1) is 0 Å². The van der Waals surface area contributed by atoms with Crippen molar-refractivity contribution in [2.24, 2.45) is 5.92 Å². The zero-order valence-electron chi connectivity index (χ0n) is 15.2. The number of hydrogen-bond acceptors (Lipinski definition) is 5. The second kappa shape index (κ2) is 7.54. The second-order valence-corrected chi connectivity index (χ2v) is 9.21. The molecule has 2 aliphatic rings. The molecule has 1 atom stereocenters. The highest BCUT2D eigenvalue weighted by atomic mass is 32.2.